The number of aromatic amines is 1. The fourth-order valence-corrected chi connectivity index (χ4v) is 4.96. The molecule has 1 aromatic carbocycles. The number of para-hydroxylation sites is 1. The Hall–Kier alpha value is -4.34. The number of anilines is 1. The molecule has 0 aliphatic heterocycles. The monoisotopic (exact) mass is 482 g/mol. The number of nitrogens with one attached hydrogen (secondary N) is 3. The summed E-state index contributed by atoms with van der Waals surface area (Å²) in [6, 6.07) is 9.97. The van der Waals surface area contributed by atoms with Gasteiger partial charge in [0.15, 0.2) is 11.5 Å². The molecule has 1 saturated carbocycles. The van der Waals surface area contributed by atoms with Crippen molar-refractivity contribution >= 4 is 28.4 Å². The third-order valence-electron chi connectivity index (χ3n) is 6.92. The number of H-pyrrole nitrogens is 1. The van der Waals surface area contributed by atoms with Crippen molar-refractivity contribution < 1.29 is 9.18 Å². The van der Waals surface area contributed by atoms with Gasteiger partial charge in [0.1, 0.15) is 11.4 Å². The zero-order valence-corrected chi connectivity index (χ0v) is 19.3. The van der Waals surface area contributed by atoms with E-state index in [0.717, 1.165) is 43.8 Å². The van der Waals surface area contributed by atoms with Crippen LogP contribution in [0.15, 0.2) is 48.9 Å². The van der Waals surface area contributed by atoms with Gasteiger partial charge in [0.05, 0.1) is 12.4 Å². The predicted molar refractivity (Wildman–Crippen MR) is 132 cm³/mol. The van der Waals surface area contributed by atoms with E-state index in [1.165, 1.54) is 35.1 Å². The molecule has 7 rings (SSSR count). The number of benzene rings is 1. The van der Waals surface area contributed by atoms with Crippen molar-refractivity contribution in [3.05, 3.63) is 71.6 Å². The number of pyridine rings is 1. The summed E-state index contributed by atoms with van der Waals surface area (Å²) in [6.07, 6.45) is 8.74. The van der Waals surface area contributed by atoms with Crippen LogP contribution in [0.25, 0.3) is 27.9 Å². The Balaban J connectivity index is 1.28. The molecule has 3 N–H and O–H groups in total. The Labute approximate surface area is 205 Å². The summed E-state index contributed by atoms with van der Waals surface area (Å²) in [7, 11) is 0. The number of amides is 1. The van der Waals surface area contributed by atoms with Gasteiger partial charge in [0, 0.05) is 40.4 Å². The first-order valence-electron chi connectivity index (χ1n) is 12.1. The molecule has 0 bridgehead atoms. The quantitative estimate of drug-likeness (QED) is 0.352. The molecule has 2 aliphatic rings. The Kier molecular flexibility index (Phi) is 4.73. The number of halogens is 1. The van der Waals surface area contributed by atoms with E-state index in [2.05, 4.69) is 48.9 Å². The van der Waals surface area contributed by atoms with Crippen molar-refractivity contribution in [3.8, 4) is 11.4 Å². The molecule has 9 nitrogen and oxygen atoms in total. The lowest BCUT2D eigenvalue weighted by atomic mass is 9.91. The minimum atomic E-state index is -0.482. The van der Waals surface area contributed by atoms with Gasteiger partial charge in [-0.25, -0.2) is 9.37 Å². The van der Waals surface area contributed by atoms with Crippen LogP contribution in [0, 0.1) is 5.82 Å². The molecule has 0 radical (unpaired) electrons. The number of hydrogen-bond donors (Lipinski definition) is 3. The number of nitrogens with zero attached hydrogens (tertiary/aromatic N) is 5. The summed E-state index contributed by atoms with van der Waals surface area (Å²) >= 11 is 0. The van der Waals surface area contributed by atoms with Gasteiger partial charge in [0.25, 0.3) is 5.91 Å². The smallest absolute Gasteiger partial charge is 0.256 e. The number of aryl methyl sites for hydroxylation is 1. The molecule has 4 heterocycles. The lowest BCUT2D eigenvalue weighted by Gasteiger charge is -2.24. The second kappa shape index (κ2) is 8.11. The molecule has 4 aromatic heterocycles. The van der Waals surface area contributed by atoms with Crippen LogP contribution in [-0.2, 0) is 12.8 Å². The zero-order chi connectivity index (χ0) is 24.2. The molecule has 36 heavy (non-hydrogen) atoms. The Bertz CT molecular complexity index is 1640. The van der Waals surface area contributed by atoms with Gasteiger partial charge in [-0.3, -0.25) is 9.78 Å². The van der Waals surface area contributed by atoms with Gasteiger partial charge in [-0.1, -0.05) is 18.2 Å². The molecular weight excluding hydrogens is 459 g/mol. The van der Waals surface area contributed by atoms with Crippen LogP contribution < -0.4 is 10.6 Å². The molecule has 1 fully saturated rings. The summed E-state index contributed by atoms with van der Waals surface area (Å²) in [5.74, 6) is 0.0333. The molecule has 180 valence electrons. The average molecular weight is 483 g/mol. The topological polar surface area (TPSA) is 113 Å². The van der Waals surface area contributed by atoms with Crippen molar-refractivity contribution in [2.24, 2.45) is 0 Å². The van der Waals surface area contributed by atoms with Gasteiger partial charge in [-0.05, 0) is 49.8 Å². The number of fused-ring (bicyclic) bond motifs is 4. The average Bonchev–Trinajstić information content (AvgIpc) is 3.46. The van der Waals surface area contributed by atoms with Crippen molar-refractivity contribution in [2.45, 2.75) is 44.2 Å². The number of rotatable bonds is 5. The highest BCUT2D eigenvalue weighted by Crippen LogP contribution is 2.31. The third-order valence-corrected chi connectivity index (χ3v) is 6.92. The first kappa shape index (κ1) is 21.0. The highest BCUT2D eigenvalue weighted by Gasteiger charge is 2.28. The van der Waals surface area contributed by atoms with Crippen molar-refractivity contribution in [1.82, 2.24) is 34.9 Å². The molecule has 5 aromatic rings. The molecule has 2 aliphatic carbocycles. The second-order valence-electron chi connectivity index (χ2n) is 9.52. The number of carbonyl (C=O) groups is 1. The molecule has 1 amide bonds. The standard InChI is InChI=1S/C26H23FN8O/c27-15-9-14(11-28-12-15)23-33-24-20(25(36)30-16-5-6-16)13-29-35(24)26(34-23)31-17-7-8-22-19(10-17)18-3-1-2-4-21(18)32-22/h1-4,9,11-13,16-17,32H,5-8,10H2,(H,30,36)(H,31,33,34). The molecule has 1 unspecified atom stereocenters. The molecule has 0 saturated heterocycles. The fraction of sp³-hybridized carbons (Fsp3) is 0.269. The van der Waals surface area contributed by atoms with E-state index >= 15 is 0 Å². The maximum Gasteiger partial charge on any atom is 0.256 e. The predicted octanol–water partition coefficient (Wildman–Crippen LogP) is 3.67. The number of aromatic nitrogens is 6. The van der Waals surface area contributed by atoms with Crippen molar-refractivity contribution in [2.75, 3.05) is 5.32 Å². The van der Waals surface area contributed by atoms with Crippen LogP contribution in [0.3, 0.4) is 0 Å². The fourth-order valence-electron chi connectivity index (χ4n) is 4.96. The minimum Gasteiger partial charge on any atom is -0.358 e. The molecular formula is C26H23FN8O. The van der Waals surface area contributed by atoms with Crippen LogP contribution in [0.4, 0.5) is 10.3 Å². The van der Waals surface area contributed by atoms with Crippen LogP contribution >= 0.6 is 0 Å². The van der Waals surface area contributed by atoms with E-state index in [0.29, 0.717) is 22.7 Å². The van der Waals surface area contributed by atoms with Crippen LogP contribution in [0.5, 0.6) is 0 Å². The van der Waals surface area contributed by atoms with Crippen molar-refractivity contribution in [1.29, 1.82) is 0 Å². The first-order valence-corrected chi connectivity index (χ1v) is 12.1. The summed E-state index contributed by atoms with van der Waals surface area (Å²) in [4.78, 5) is 29.7. The van der Waals surface area contributed by atoms with Gasteiger partial charge in [0.2, 0.25) is 5.95 Å². The first-order chi connectivity index (χ1) is 17.6. The van der Waals surface area contributed by atoms with Gasteiger partial charge in [-0.2, -0.15) is 14.6 Å². The maximum absolute atomic E-state index is 14.0. The Morgan fingerprint density at radius 3 is 2.83 bits per heavy atom. The summed E-state index contributed by atoms with van der Waals surface area (Å²) in [5, 5.41) is 12.2. The largest absolute Gasteiger partial charge is 0.358 e. The second-order valence-corrected chi connectivity index (χ2v) is 9.52. The highest BCUT2D eigenvalue weighted by molar-refractivity contribution is 6.00. The summed E-state index contributed by atoms with van der Waals surface area (Å²) < 4.78 is 15.5. The SMILES string of the molecule is O=C(NC1CC1)c1cnn2c(NC3CCc4[nH]c5ccccc5c4C3)nc(-c3cncc(F)c3)nc12. The number of hydrogen-bond acceptors (Lipinski definition) is 6. The van der Waals surface area contributed by atoms with Gasteiger partial charge >= 0.3 is 0 Å². The van der Waals surface area contributed by atoms with E-state index in [1.54, 1.807) is 4.52 Å². The van der Waals surface area contributed by atoms with Crippen LogP contribution in [0.1, 0.15) is 40.9 Å². The Morgan fingerprint density at radius 1 is 1.08 bits per heavy atom. The Morgan fingerprint density at radius 2 is 1.97 bits per heavy atom. The van der Waals surface area contributed by atoms with Gasteiger partial charge < -0.3 is 15.6 Å². The van der Waals surface area contributed by atoms with Crippen LogP contribution in [-0.4, -0.2) is 47.5 Å². The van der Waals surface area contributed by atoms with Gasteiger partial charge in [-0.15, -0.1) is 0 Å². The molecule has 1 atom stereocenters. The molecule has 0 spiro atoms. The van der Waals surface area contributed by atoms with E-state index in [-0.39, 0.29) is 23.8 Å². The van der Waals surface area contributed by atoms with E-state index in [9.17, 15) is 9.18 Å². The zero-order valence-electron chi connectivity index (χ0n) is 19.3. The summed E-state index contributed by atoms with van der Waals surface area (Å²) in [6.45, 7) is 0. The van der Waals surface area contributed by atoms with E-state index in [4.69, 9.17) is 4.98 Å². The van der Waals surface area contributed by atoms with Crippen molar-refractivity contribution in [3.63, 3.8) is 0 Å². The third kappa shape index (κ3) is 3.65. The lowest BCUT2D eigenvalue weighted by molar-refractivity contribution is 0.0952. The van der Waals surface area contributed by atoms with Crippen LogP contribution in [0.2, 0.25) is 0 Å². The van der Waals surface area contributed by atoms with E-state index < -0.39 is 5.82 Å². The normalized spacial score (nSPS) is 17.3. The summed E-state index contributed by atoms with van der Waals surface area (Å²) in [5.41, 5.74) is 4.88. The number of carbonyl (C=O) groups excluding carboxylic acids is 1. The minimum absolute atomic E-state index is 0.0984. The highest BCUT2D eigenvalue weighted by atomic mass is 19.1. The lowest BCUT2D eigenvalue weighted by Crippen LogP contribution is -2.29. The molecule has 10 heteroatoms. The van der Waals surface area contributed by atoms with E-state index in [1.807, 2.05) is 6.07 Å². The maximum atomic E-state index is 14.0.